The second-order valence-corrected chi connectivity index (χ2v) is 5.77. The fraction of sp³-hybridized carbons (Fsp3) is 0.100. The fourth-order valence-corrected chi connectivity index (χ4v) is 2.32. The van der Waals surface area contributed by atoms with E-state index in [0.29, 0.717) is 5.82 Å². The van der Waals surface area contributed by atoms with Crippen molar-refractivity contribution in [3.05, 3.63) is 83.8 Å². The molecule has 2 aromatic carbocycles. The topological polar surface area (TPSA) is 54.0 Å². The standard InChI is InChI=1S/C20H18FN3O/c1-14-2-8-17(9-3-14)23-18-10-11-19(22-13-18)24-20(25)12-15-4-6-16(21)7-5-15/h2-11,13,23H,12H2,1H3,(H,22,24,25). The monoisotopic (exact) mass is 335 g/mol. The first-order valence-corrected chi connectivity index (χ1v) is 7.92. The maximum atomic E-state index is 12.9. The molecule has 2 N–H and O–H groups in total. The molecule has 0 unspecified atom stereocenters. The van der Waals surface area contributed by atoms with Crippen molar-refractivity contribution in [3.63, 3.8) is 0 Å². The largest absolute Gasteiger partial charge is 0.354 e. The molecule has 3 rings (SSSR count). The van der Waals surface area contributed by atoms with E-state index < -0.39 is 0 Å². The Kier molecular flexibility index (Phi) is 5.04. The van der Waals surface area contributed by atoms with Crippen molar-refractivity contribution in [2.75, 3.05) is 10.6 Å². The van der Waals surface area contributed by atoms with Crippen molar-refractivity contribution in [1.82, 2.24) is 4.98 Å². The second-order valence-electron chi connectivity index (χ2n) is 5.77. The molecule has 0 spiro atoms. The number of anilines is 3. The molecule has 0 fully saturated rings. The van der Waals surface area contributed by atoms with E-state index in [2.05, 4.69) is 15.6 Å². The van der Waals surface area contributed by atoms with Gasteiger partial charge in [-0.15, -0.1) is 0 Å². The second kappa shape index (κ2) is 7.57. The molecule has 126 valence electrons. The minimum Gasteiger partial charge on any atom is -0.354 e. The first kappa shape index (κ1) is 16.6. The molecule has 25 heavy (non-hydrogen) atoms. The first-order valence-electron chi connectivity index (χ1n) is 7.92. The third-order valence-corrected chi connectivity index (χ3v) is 3.65. The summed E-state index contributed by atoms with van der Waals surface area (Å²) in [5, 5.41) is 5.98. The Morgan fingerprint density at radius 2 is 1.64 bits per heavy atom. The summed E-state index contributed by atoms with van der Waals surface area (Å²) in [5.41, 5.74) is 3.75. The molecule has 0 aliphatic carbocycles. The molecule has 1 heterocycles. The summed E-state index contributed by atoms with van der Waals surface area (Å²) in [5.74, 6) is -0.0394. The predicted molar refractivity (Wildman–Crippen MR) is 97.4 cm³/mol. The number of nitrogens with one attached hydrogen (secondary N) is 2. The summed E-state index contributed by atoms with van der Waals surface area (Å²) in [6.45, 7) is 2.04. The van der Waals surface area contributed by atoms with Crippen LogP contribution in [0.15, 0.2) is 66.9 Å². The maximum absolute atomic E-state index is 12.9. The molecule has 0 saturated heterocycles. The average Bonchev–Trinajstić information content (AvgIpc) is 2.61. The quantitative estimate of drug-likeness (QED) is 0.724. The van der Waals surface area contributed by atoms with Gasteiger partial charge in [-0.3, -0.25) is 4.79 Å². The van der Waals surface area contributed by atoms with Crippen molar-refractivity contribution in [2.45, 2.75) is 13.3 Å². The lowest BCUT2D eigenvalue weighted by Crippen LogP contribution is -2.15. The molecule has 0 radical (unpaired) electrons. The molecule has 1 amide bonds. The summed E-state index contributed by atoms with van der Waals surface area (Å²) in [6.07, 6.45) is 1.83. The highest BCUT2D eigenvalue weighted by atomic mass is 19.1. The van der Waals surface area contributed by atoms with Crippen molar-refractivity contribution in [3.8, 4) is 0 Å². The van der Waals surface area contributed by atoms with E-state index in [1.807, 2.05) is 37.3 Å². The average molecular weight is 335 g/mol. The maximum Gasteiger partial charge on any atom is 0.229 e. The molecule has 4 nitrogen and oxygen atoms in total. The third-order valence-electron chi connectivity index (χ3n) is 3.65. The lowest BCUT2D eigenvalue weighted by atomic mass is 10.1. The van der Waals surface area contributed by atoms with Gasteiger partial charge >= 0.3 is 0 Å². The molecule has 0 atom stereocenters. The van der Waals surface area contributed by atoms with Crippen LogP contribution in [0, 0.1) is 12.7 Å². The van der Waals surface area contributed by atoms with E-state index in [0.717, 1.165) is 16.9 Å². The van der Waals surface area contributed by atoms with Gasteiger partial charge in [-0.2, -0.15) is 0 Å². The Bertz CT molecular complexity index is 844. The van der Waals surface area contributed by atoms with Gasteiger partial charge in [0, 0.05) is 5.69 Å². The van der Waals surface area contributed by atoms with E-state index in [-0.39, 0.29) is 18.1 Å². The number of benzene rings is 2. The van der Waals surface area contributed by atoms with E-state index in [1.165, 1.54) is 17.7 Å². The van der Waals surface area contributed by atoms with Gasteiger partial charge in [0.2, 0.25) is 5.91 Å². The molecule has 0 bridgehead atoms. The number of carbonyl (C=O) groups is 1. The number of hydrogen-bond donors (Lipinski definition) is 2. The van der Waals surface area contributed by atoms with E-state index in [9.17, 15) is 9.18 Å². The van der Waals surface area contributed by atoms with E-state index >= 15 is 0 Å². The number of halogens is 1. The SMILES string of the molecule is Cc1ccc(Nc2ccc(NC(=O)Cc3ccc(F)cc3)nc2)cc1. The minimum absolute atomic E-state index is 0.172. The van der Waals surface area contributed by atoms with Crippen LogP contribution in [0.25, 0.3) is 0 Å². The van der Waals surface area contributed by atoms with Gasteiger partial charge in [0.25, 0.3) is 0 Å². The summed E-state index contributed by atoms with van der Waals surface area (Å²) in [7, 11) is 0. The molecule has 0 saturated carbocycles. The van der Waals surface area contributed by atoms with Gasteiger partial charge in [0.15, 0.2) is 0 Å². The van der Waals surface area contributed by atoms with Gasteiger partial charge < -0.3 is 10.6 Å². The number of rotatable bonds is 5. The molecule has 3 aromatic rings. The molecular formula is C20H18FN3O. The Morgan fingerprint density at radius 3 is 2.28 bits per heavy atom. The smallest absolute Gasteiger partial charge is 0.229 e. The highest BCUT2D eigenvalue weighted by Crippen LogP contribution is 2.17. The van der Waals surface area contributed by atoms with Crippen LogP contribution >= 0.6 is 0 Å². The molecule has 5 heteroatoms. The van der Waals surface area contributed by atoms with Crippen LogP contribution in [0.5, 0.6) is 0 Å². The number of hydrogen-bond acceptors (Lipinski definition) is 3. The van der Waals surface area contributed by atoms with Gasteiger partial charge in [-0.1, -0.05) is 29.8 Å². The zero-order valence-electron chi connectivity index (χ0n) is 13.8. The number of pyridine rings is 1. The van der Waals surface area contributed by atoms with E-state index in [4.69, 9.17) is 0 Å². The Labute approximate surface area is 145 Å². The van der Waals surface area contributed by atoms with Crippen molar-refractivity contribution in [2.24, 2.45) is 0 Å². The zero-order chi connectivity index (χ0) is 17.6. The van der Waals surface area contributed by atoms with Gasteiger partial charge in [-0.05, 0) is 48.9 Å². The lowest BCUT2D eigenvalue weighted by molar-refractivity contribution is -0.115. The van der Waals surface area contributed by atoms with Crippen LogP contribution < -0.4 is 10.6 Å². The van der Waals surface area contributed by atoms with Gasteiger partial charge in [0.1, 0.15) is 11.6 Å². The number of amides is 1. The fourth-order valence-electron chi connectivity index (χ4n) is 2.32. The first-order chi connectivity index (χ1) is 12.1. The van der Waals surface area contributed by atoms with Crippen LogP contribution in [-0.4, -0.2) is 10.9 Å². The van der Waals surface area contributed by atoms with Crippen molar-refractivity contribution in [1.29, 1.82) is 0 Å². The van der Waals surface area contributed by atoms with Crippen molar-refractivity contribution < 1.29 is 9.18 Å². The van der Waals surface area contributed by atoms with Gasteiger partial charge in [0.05, 0.1) is 18.3 Å². The Hall–Kier alpha value is -3.21. The van der Waals surface area contributed by atoms with Crippen LogP contribution in [-0.2, 0) is 11.2 Å². The number of carbonyl (C=O) groups excluding carboxylic acids is 1. The highest BCUT2D eigenvalue weighted by Gasteiger charge is 2.05. The lowest BCUT2D eigenvalue weighted by Gasteiger charge is -2.08. The Morgan fingerprint density at radius 1 is 0.960 bits per heavy atom. The van der Waals surface area contributed by atoms with Gasteiger partial charge in [-0.25, -0.2) is 9.37 Å². The van der Waals surface area contributed by atoms with Crippen LogP contribution in [0.3, 0.4) is 0 Å². The molecule has 1 aromatic heterocycles. The van der Waals surface area contributed by atoms with Crippen LogP contribution in [0.4, 0.5) is 21.6 Å². The number of aryl methyl sites for hydroxylation is 1. The summed E-state index contributed by atoms with van der Waals surface area (Å²) >= 11 is 0. The van der Waals surface area contributed by atoms with Crippen LogP contribution in [0.2, 0.25) is 0 Å². The predicted octanol–water partition coefficient (Wildman–Crippen LogP) is 4.45. The number of nitrogens with zero attached hydrogens (tertiary/aromatic N) is 1. The van der Waals surface area contributed by atoms with Crippen LogP contribution in [0.1, 0.15) is 11.1 Å². The number of aromatic nitrogens is 1. The minimum atomic E-state index is -0.317. The molecule has 0 aliphatic heterocycles. The molecule has 0 aliphatic rings. The summed E-state index contributed by atoms with van der Waals surface area (Å²) in [4.78, 5) is 16.2. The summed E-state index contributed by atoms with van der Waals surface area (Å²) < 4.78 is 12.9. The normalized spacial score (nSPS) is 10.3. The Balaban J connectivity index is 1.57. The third kappa shape index (κ3) is 4.88. The summed E-state index contributed by atoms with van der Waals surface area (Å²) in [6, 6.07) is 17.5. The van der Waals surface area contributed by atoms with E-state index in [1.54, 1.807) is 24.4 Å². The zero-order valence-corrected chi connectivity index (χ0v) is 13.8. The molecular weight excluding hydrogens is 317 g/mol. The van der Waals surface area contributed by atoms with Crippen molar-refractivity contribution >= 4 is 23.1 Å². The highest BCUT2D eigenvalue weighted by molar-refractivity contribution is 5.91.